The largest absolute Gasteiger partial charge is 0.270 e. The van der Waals surface area contributed by atoms with E-state index >= 15 is 0 Å². The van der Waals surface area contributed by atoms with Crippen molar-refractivity contribution in [3.8, 4) is 0 Å². The van der Waals surface area contributed by atoms with E-state index in [2.05, 4.69) is 36.7 Å². The summed E-state index contributed by atoms with van der Waals surface area (Å²) in [6.07, 6.45) is 0.820. The van der Waals surface area contributed by atoms with Gasteiger partial charge < -0.3 is 0 Å². The third kappa shape index (κ3) is 3.95. The number of halogens is 2. The Bertz CT molecular complexity index is 427. The van der Waals surface area contributed by atoms with E-state index in [1.807, 2.05) is 0 Å². The molecule has 0 amide bonds. The van der Waals surface area contributed by atoms with Crippen molar-refractivity contribution in [2.45, 2.75) is 32.0 Å². The van der Waals surface area contributed by atoms with Crippen molar-refractivity contribution in [3.05, 3.63) is 38.9 Å². The second-order valence-electron chi connectivity index (χ2n) is 4.82. The van der Waals surface area contributed by atoms with Gasteiger partial charge in [0, 0.05) is 17.0 Å². The first-order valence-electron chi connectivity index (χ1n) is 5.89. The fourth-order valence-corrected chi connectivity index (χ4v) is 3.05. The summed E-state index contributed by atoms with van der Waals surface area (Å²) >= 11 is 9.72. The minimum absolute atomic E-state index is 0.0386. The van der Waals surface area contributed by atoms with Crippen LogP contribution in [0.5, 0.6) is 0 Å². The molecule has 0 bridgehead atoms. The molecule has 2 atom stereocenters. The predicted molar refractivity (Wildman–Crippen MR) is 78.5 cm³/mol. The zero-order valence-electron chi connectivity index (χ0n) is 10.7. The Balaban J connectivity index is 2.94. The molecule has 0 radical (unpaired) electrons. The normalized spacial score (nSPS) is 14.6. The fourth-order valence-electron chi connectivity index (χ4n) is 2.00. The first kappa shape index (κ1) is 15.4. The number of hydrogen-bond donors (Lipinski definition) is 0. The van der Waals surface area contributed by atoms with Gasteiger partial charge in [-0.2, -0.15) is 0 Å². The fraction of sp³-hybridized carbons (Fsp3) is 0.538. The number of nitrogens with zero attached hydrogens (tertiary/aromatic N) is 1. The second kappa shape index (κ2) is 6.53. The van der Waals surface area contributed by atoms with Crippen LogP contribution in [0.1, 0.15) is 26.3 Å². The molecule has 0 aliphatic carbocycles. The van der Waals surface area contributed by atoms with Gasteiger partial charge in [0.2, 0.25) is 0 Å². The van der Waals surface area contributed by atoms with Crippen molar-refractivity contribution in [3.63, 3.8) is 0 Å². The van der Waals surface area contributed by atoms with Crippen molar-refractivity contribution in [2.24, 2.45) is 11.8 Å². The van der Waals surface area contributed by atoms with Gasteiger partial charge >= 0.3 is 0 Å². The van der Waals surface area contributed by atoms with Crippen LogP contribution in [-0.2, 0) is 6.42 Å². The molecule has 0 aliphatic rings. The summed E-state index contributed by atoms with van der Waals surface area (Å²) in [7, 11) is 0. The Morgan fingerprint density at radius 3 is 2.39 bits per heavy atom. The number of nitro benzene ring substituents is 1. The van der Waals surface area contributed by atoms with Crippen molar-refractivity contribution in [2.75, 3.05) is 0 Å². The number of rotatable bonds is 5. The molecule has 1 aromatic carbocycles. The summed E-state index contributed by atoms with van der Waals surface area (Å²) in [5.41, 5.74) is 1.00. The predicted octanol–water partition coefficient (Wildman–Crippen LogP) is 4.85. The molecule has 5 heteroatoms. The Morgan fingerprint density at radius 2 is 2.00 bits per heavy atom. The standard InChI is InChI=1S/C13H17BrClNO2/c1-8(2)12(9(3)14)6-10-4-5-11(16(17)18)7-13(10)15/h4-5,7-9,12H,6H2,1-3H3. The number of benzene rings is 1. The highest BCUT2D eigenvalue weighted by molar-refractivity contribution is 9.09. The van der Waals surface area contributed by atoms with Crippen LogP contribution < -0.4 is 0 Å². The summed E-state index contributed by atoms with van der Waals surface area (Å²) in [6.45, 7) is 6.45. The van der Waals surface area contributed by atoms with Gasteiger partial charge in [-0.1, -0.05) is 54.4 Å². The van der Waals surface area contributed by atoms with Crippen LogP contribution >= 0.6 is 27.5 Å². The number of nitro groups is 1. The van der Waals surface area contributed by atoms with Crippen molar-refractivity contribution in [1.82, 2.24) is 0 Å². The lowest BCUT2D eigenvalue weighted by Crippen LogP contribution is -2.20. The lowest BCUT2D eigenvalue weighted by molar-refractivity contribution is -0.384. The van der Waals surface area contributed by atoms with Crippen molar-refractivity contribution in [1.29, 1.82) is 0 Å². The molecule has 0 N–H and O–H groups in total. The summed E-state index contributed by atoms with van der Waals surface area (Å²) in [5.74, 6) is 0.967. The maximum Gasteiger partial charge on any atom is 0.270 e. The molecule has 0 fully saturated rings. The number of hydrogen-bond acceptors (Lipinski definition) is 2. The van der Waals surface area contributed by atoms with E-state index in [1.54, 1.807) is 6.07 Å². The lowest BCUT2D eigenvalue weighted by Gasteiger charge is -2.24. The van der Waals surface area contributed by atoms with Gasteiger partial charge in [-0.15, -0.1) is 0 Å². The van der Waals surface area contributed by atoms with Crippen LogP contribution in [0.3, 0.4) is 0 Å². The molecule has 0 saturated heterocycles. The molecule has 18 heavy (non-hydrogen) atoms. The quantitative estimate of drug-likeness (QED) is 0.439. The van der Waals surface area contributed by atoms with Crippen LogP contribution in [0.25, 0.3) is 0 Å². The van der Waals surface area contributed by atoms with Gasteiger partial charge in [0.1, 0.15) is 0 Å². The first-order chi connectivity index (χ1) is 8.32. The molecule has 1 rings (SSSR count). The van der Waals surface area contributed by atoms with E-state index in [9.17, 15) is 10.1 Å². The Kier molecular flexibility index (Phi) is 5.60. The molecule has 0 saturated carbocycles. The van der Waals surface area contributed by atoms with Crippen LogP contribution in [0.15, 0.2) is 18.2 Å². The summed E-state index contributed by atoms with van der Waals surface area (Å²) in [5, 5.41) is 11.1. The van der Waals surface area contributed by atoms with E-state index < -0.39 is 4.92 Å². The van der Waals surface area contributed by atoms with Crippen LogP contribution in [0.4, 0.5) is 5.69 Å². The molecule has 100 valence electrons. The Morgan fingerprint density at radius 1 is 1.39 bits per heavy atom. The van der Waals surface area contributed by atoms with Crippen LogP contribution in [0.2, 0.25) is 5.02 Å². The summed E-state index contributed by atoms with van der Waals surface area (Å²) in [4.78, 5) is 10.6. The zero-order chi connectivity index (χ0) is 13.9. The first-order valence-corrected chi connectivity index (χ1v) is 7.19. The van der Waals surface area contributed by atoms with E-state index in [4.69, 9.17) is 11.6 Å². The Hall–Kier alpha value is -0.610. The van der Waals surface area contributed by atoms with E-state index in [1.165, 1.54) is 12.1 Å². The summed E-state index contributed by atoms with van der Waals surface area (Å²) in [6, 6.07) is 4.69. The van der Waals surface area contributed by atoms with Gasteiger partial charge in [-0.25, -0.2) is 0 Å². The number of non-ortho nitro benzene ring substituents is 1. The van der Waals surface area contributed by atoms with Gasteiger partial charge in [-0.3, -0.25) is 10.1 Å². The minimum atomic E-state index is -0.428. The monoisotopic (exact) mass is 333 g/mol. The van der Waals surface area contributed by atoms with Crippen molar-refractivity contribution < 1.29 is 4.92 Å². The van der Waals surface area contributed by atoms with E-state index in [-0.39, 0.29) is 5.69 Å². The van der Waals surface area contributed by atoms with Crippen molar-refractivity contribution >= 4 is 33.2 Å². The van der Waals surface area contributed by atoms with E-state index in [0.29, 0.717) is 21.7 Å². The molecule has 2 unspecified atom stereocenters. The minimum Gasteiger partial charge on any atom is -0.258 e. The molecule has 3 nitrogen and oxygen atoms in total. The van der Waals surface area contributed by atoms with Crippen LogP contribution in [0, 0.1) is 22.0 Å². The average molecular weight is 335 g/mol. The second-order valence-corrected chi connectivity index (χ2v) is 6.67. The van der Waals surface area contributed by atoms with Gasteiger partial charge in [0.15, 0.2) is 0 Å². The summed E-state index contributed by atoms with van der Waals surface area (Å²) < 4.78 is 0. The smallest absolute Gasteiger partial charge is 0.258 e. The molecule has 0 aromatic heterocycles. The molecule has 0 aliphatic heterocycles. The van der Waals surface area contributed by atoms with Gasteiger partial charge in [-0.05, 0) is 23.8 Å². The molecule has 0 heterocycles. The van der Waals surface area contributed by atoms with Gasteiger partial charge in [0.25, 0.3) is 5.69 Å². The van der Waals surface area contributed by atoms with E-state index in [0.717, 1.165) is 12.0 Å². The zero-order valence-corrected chi connectivity index (χ0v) is 13.0. The highest BCUT2D eigenvalue weighted by Gasteiger charge is 2.21. The molecular weight excluding hydrogens is 318 g/mol. The highest BCUT2D eigenvalue weighted by Crippen LogP contribution is 2.30. The SMILES string of the molecule is CC(C)C(Cc1ccc([N+](=O)[O-])cc1Cl)C(C)Br. The van der Waals surface area contributed by atoms with Gasteiger partial charge in [0.05, 0.1) is 9.95 Å². The molecular formula is C13H17BrClNO2. The average Bonchev–Trinajstić information content (AvgIpc) is 2.25. The molecule has 0 spiro atoms. The molecule has 1 aromatic rings. The maximum atomic E-state index is 10.6. The topological polar surface area (TPSA) is 43.1 Å². The highest BCUT2D eigenvalue weighted by atomic mass is 79.9. The maximum absolute atomic E-state index is 10.6. The third-order valence-corrected chi connectivity index (χ3v) is 4.18. The number of alkyl halides is 1. The third-order valence-electron chi connectivity index (χ3n) is 3.15. The van der Waals surface area contributed by atoms with Crippen LogP contribution in [-0.4, -0.2) is 9.75 Å². The Labute approximate surface area is 121 Å². The lowest BCUT2D eigenvalue weighted by atomic mass is 9.87.